The summed E-state index contributed by atoms with van der Waals surface area (Å²) in [5, 5.41) is 16.3. The number of aliphatic hydroxyl groups is 1. The molecule has 3 rings (SSSR count). The average molecular weight is 341 g/mol. The number of nitrogens with zero attached hydrogens (tertiary/aromatic N) is 2. The van der Waals surface area contributed by atoms with E-state index in [0.717, 1.165) is 36.0 Å². The molecule has 1 N–H and O–H groups in total. The zero-order chi connectivity index (χ0) is 14.8. The lowest BCUT2D eigenvalue weighted by atomic mass is 9.59. The number of hydrogen-bond donors (Lipinski definition) is 1. The number of aryl methyl sites for hydroxylation is 1. The van der Waals surface area contributed by atoms with Crippen molar-refractivity contribution in [2.75, 3.05) is 0 Å². The van der Waals surface area contributed by atoms with Gasteiger partial charge in [0.25, 0.3) is 0 Å². The topological polar surface area (TPSA) is 38.0 Å². The zero-order valence-corrected chi connectivity index (χ0v) is 14.5. The monoisotopic (exact) mass is 340 g/mol. The van der Waals surface area contributed by atoms with Gasteiger partial charge in [-0.05, 0) is 47.5 Å². The van der Waals surface area contributed by atoms with Crippen molar-refractivity contribution >= 4 is 15.9 Å². The molecule has 1 aromatic heterocycles. The highest BCUT2D eigenvalue weighted by molar-refractivity contribution is 9.10. The van der Waals surface area contributed by atoms with Crippen molar-refractivity contribution in [3.05, 3.63) is 16.4 Å². The van der Waals surface area contributed by atoms with E-state index in [-0.39, 0.29) is 10.8 Å². The Morgan fingerprint density at radius 3 is 2.70 bits per heavy atom. The Kier molecular flexibility index (Phi) is 3.15. The maximum Gasteiger partial charge on any atom is 0.118 e. The van der Waals surface area contributed by atoms with Gasteiger partial charge in [-0.2, -0.15) is 5.10 Å². The van der Waals surface area contributed by atoms with Gasteiger partial charge < -0.3 is 5.11 Å². The van der Waals surface area contributed by atoms with Crippen LogP contribution in [-0.4, -0.2) is 14.9 Å². The van der Waals surface area contributed by atoms with Crippen LogP contribution in [0, 0.1) is 16.7 Å². The number of rotatable bonds is 3. The van der Waals surface area contributed by atoms with Gasteiger partial charge in [-0.3, -0.25) is 4.68 Å². The van der Waals surface area contributed by atoms with E-state index < -0.39 is 5.60 Å². The molecule has 2 bridgehead atoms. The Morgan fingerprint density at radius 2 is 2.15 bits per heavy atom. The lowest BCUT2D eigenvalue weighted by Gasteiger charge is -2.50. The van der Waals surface area contributed by atoms with Gasteiger partial charge in [-0.25, -0.2) is 0 Å². The summed E-state index contributed by atoms with van der Waals surface area (Å²) >= 11 is 3.64. The maximum atomic E-state index is 11.8. The van der Waals surface area contributed by atoms with Gasteiger partial charge in [0.2, 0.25) is 0 Å². The van der Waals surface area contributed by atoms with E-state index in [1.807, 2.05) is 10.9 Å². The molecule has 1 heterocycles. The van der Waals surface area contributed by atoms with Gasteiger partial charge in [0, 0.05) is 17.4 Å². The Morgan fingerprint density at radius 1 is 1.45 bits per heavy atom. The van der Waals surface area contributed by atoms with E-state index in [1.54, 1.807) is 0 Å². The van der Waals surface area contributed by atoms with Crippen molar-refractivity contribution in [2.24, 2.45) is 16.7 Å². The van der Waals surface area contributed by atoms with Crippen LogP contribution in [0.3, 0.4) is 0 Å². The van der Waals surface area contributed by atoms with Gasteiger partial charge in [0.05, 0.1) is 16.4 Å². The Labute approximate surface area is 129 Å². The van der Waals surface area contributed by atoms with Gasteiger partial charge in [-0.1, -0.05) is 27.7 Å². The molecule has 2 fully saturated rings. The molecule has 4 heteroatoms. The molecule has 112 valence electrons. The van der Waals surface area contributed by atoms with Crippen molar-refractivity contribution < 1.29 is 5.11 Å². The summed E-state index contributed by atoms with van der Waals surface area (Å²) in [5.41, 5.74) is 0.0606. The first-order chi connectivity index (χ1) is 9.28. The fraction of sp³-hybridized carbons (Fsp3) is 0.812. The van der Waals surface area contributed by atoms with Crippen LogP contribution in [0.5, 0.6) is 0 Å². The number of halogens is 1. The van der Waals surface area contributed by atoms with E-state index in [4.69, 9.17) is 0 Å². The first-order valence-electron chi connectivity index (χ1n) is 7.72. The summed E-state index contributed by atoms with van der Waals surface area (Å²) < 4.78 is 2.97. The standard InChI is InChI=1S/C16H25BrN2O/c1-5-8-19-13(12(17)10-18-19)16(20)14(2,3)11-6-7-15(16,4)9-11/h10-11,20H,5-9H2,1-4H3. The molecule has 0 amide bonds. The highest BCUT2D eigenvalue weighted by atomic mass is 79.9. The molecule has 3 atom stereocenters. The lowest BCUT2D eigenvalue weighted by Crippen LogP contribution is -2.52. The van der Waals surface area contributed by atoms with Crippen LogP contribution >= 0.6 is 15.9 Å². The van der Waals surface area contributed by atoms with Crippen LogP contribution in [0.2, 0.25) is 0 Å². The van der Waals surface area contributed by atoms with Crippen molar-refractivity contribution in [1.82, 2.24) is 9.78 Å². The molecule has 0 aliphatic heterocycles. The third-order valence-electron chi connectivity index (χ3n) is 6.14. The van der Waals surface area contributed by atoms with Gasteiger partial charge >= 0.3 is 0 Å². The molecule has 20 heavy (non-hydrogen) atoms. The Balaban J connectivity index is 2.19. The van der Waals surface area contributed by atoms with Crippen molar-refractivity contribution in [2.45, 2.75) is 65.5 Å². The van der Waals surface area contributed by atoms with Crippen LogP contribution in [0.4, 0.5) is 0 Å². The molecule has 3 unspecified atom stereocenters. The fourth-order valence-electron chi connectivity index (χ4n) is 4.95. The highest BCUT2D eigenvalue weighted by Crippen LogP contribution is 2.72. The third-order valence-corrected chi connectivity index (χ3v) is 6.72. The van der Waals surface area contributed by atoms with E-state index in [1.165, 1.54) is 6.42 Å². The number of aromatic nitrogens is 2. The zero-order valence-electron chi connectivity index (χ0n) is 12.9. The minimum atomic E-state index is -0.798. The van der Waals surface area contributed by atoms with E-state index in [9.17, 15) is 5.11 Å². The molecule has 3 nitrogen and oxygen atoms in total. The molecule has 0 spiro atoms. The van der Waals surface area contributed by atoms with Crippen LogP contribution in [0.25, 0.3) is 0 Å². The van der Waals surface area contributed by atoms with Crippen LogP contribution in [0.1, 0.15) is 59.1 Å². The first kappa shape index (κ1) is 14.6. The van der Waals surface area contributed by atoms with Crippen LogP contribution in [-0.2, 0) is 12.1 Å². The lowest BCUT2D eigenvalue weighted by molar-refractivity contribution is -0.156. The van der Waals surface area contributed by atoms with Gasteiger partial charge in [0.1, 0.15) is 5.60 Å². The fourth-order valence-corrected chi connectivity index (χ4v) is 5.54. The highest BCUT2D eigenvalue weighted by Gasteiger charge is 2.70. The SMILES string of the molecule is CCCn1ncc(Br)c1C1(O)C2(C)CCC(C2)C1(C)C. The second-order valence-corrected chi connectivity index (χ2v) is 8.35. The second kappa shape index (κ2) is 4.33. The van der Waals surface area contributed by atoms with E-state index in [0.29, 0.717) is 5.92 Å². The Hall–Kier alpha value is -0.350. The van der Waals surface area contributed by atoms with Crippen LogP contribution in [0.15, 0.2) is 10.7 Å². The van der Waals surface area contributed by atoms with Gasteiger partial charge in [0.15, 0.2) is 0 Å². The van der Waals surface area contributed by atoms with Crippen molar-refractivity contribution in [3.8, 4) is 0 Å². The Bertz CT molecular complexity index is 532. The maximum absolute atomic E-state index is 11.8. The van der Waals surface area contributed by atoms with E-state index in [2.05, 4.69) is 48.7 Å². The molecular weight excluding hydrogens is 316 g/mol. The molecule has 0 aromatic carbocycles. The van der Waals surface area contributed by atoms with Crippen LogP contribution < -0.4 is 0 Å². The number of fused-ring (bicyclic) bond motifs is 2. The van der Waals surface area contributed by atoms with Crippen molar-refractivity contribution in [3.63, 3.8) is 0 Å². The molecular formula is C16H25BrN2O. The summed E-state index contributed by atoms with van der Waals surface area (Å²) in [6, 6.07) is 0. The predicted molar refractivity (Wildman–Crippen MR) is 83.3 cm³/mol. The normalized spacial score (nSPS) is 38.6. The van der Waals surface area contributed by atoms with E-state index >= 15 is 0 Å². The summed E-state index contributed by atoms with van der Waals surface area (Å²) in [7, 11) is 0. The van der Waals surface area contributed by atoms with Crippen molar-refractivity contribution in [1.29, 1.82) is 0 Å². The third kappa shape index (κ3) is 1.52. The minimum absolute atomic E-state index is 0.0325. The summed E-state index contributed by atoms with van der Waals surface area (Å²) in [4.78, 5) is 0. The largest absolute Gasteiger partial charge is 0.382 e. The second-order valence-electron chi connectivity index (χ2n) is 7.50. The molecule has 2 aliphatic carbocycles. The predicted octanol–water partition coefficient (Wildman–Crippen LogP) is 4.09. The molecule has 2 saturated carbocycles. The minimum Gasteiger partial charge on any atom is -0.382 e. The summed E-state index contributed by atoms with van der Waals surface area (Å²) in [6.45, 7) is 9.74. The summed E-state index contributed by atoms with van der Waals surface area (Å²) in [5.74, 6) is 0.606. The number of hydrogen-bond acceptors (Lipinski definition) is 2. The smallest absolute Gasteiger partial charge is 0.118 e. The molecule has 0 saturated heterocycles. The summed E-state index contributed by atoms with van der Waals surface area (Å²) in [6.07, 6.45) is 6.35. The molecule has 0 radical (unpaired) electrons. The average Bonchev–Trinajstić information content (AvgIpc) is 2.97. The first-order valence-corrected chi connectivity index (χ1v) is 8.51. The molecule has 1 aromatic rings. The molecule has 2 aliphatic rings. The quantitative estimate of drug-likeness (QED) is 0.899. The van der Waals surface area contributed by atoms with Gasteiger partial charge in [-0.15, -0.1) is 0 Å².